The summed E-state index contributed by atoms with van der Waals surface area (Å²) in [6.45, 7) is 4.76. The number of ether oxygens (including phenoxy) is 1. The Labute approximate surface area is 164 Å². The van der Waals surface area contributed by atoms with Crippen LogP contribution in [-0.4, -0.2) is 32.7 Å². The zero-order valence-corrected chi connectivity index (χ0v) is 16.6. The minimum atomic E-state index is -0.0366. The molecule has 0 spiro atoms. The third-order valence-corrected chi connectivity index (χ3v) is 6.11. The van der Waals surface area contributed by atoms with Crippen LogP contribution in [-0.2, 0) is 11.8 Å². The predicted molar refractivity (Wildman–Crippen MR) is 108 cm³/mol. The zero-order valence-electron chi connectivity index (χ0n) is 16.6. The second-order valence-corrected chi connectivity index (χ2v) is 8.24. The van der Waals surface area contributed by atoms with Gasteiger partial charge in [0.05, 0.1) is 11.2 Å². The number of aryl methyl sites for hydroxylation is 2. The first kappa shape index (κ1) is 17.3. The Kier molecular flexibility index (Phi) is 3.96. The maximum Gasteiger partial charge on any atom is 0.220 e. The van der Waals surface area contributed by atoms with Gasteiger partial charge >= 0.3 is 0 Å². The van der Waals surface area contributed by atoms with E-state index in [9.17, 15) is 4.79 Å². The zero-order chi connectivity index (χ0) is 19.4. The number of benzene rings is 1. The van der Waals surface area contributed by atoms with Crippen molar-refractivity contribution in [1.29, 1.82) is 0 Å². The fourth-order valence-corrected chi connectivity index (χ4v) is 4.12. The predicted octanol–water partition coefficient (Wildman–Crippen LogP) is 3.59. The van der Waals surface area contributed by atoms with Gasteiger partial charge in [-0.05, 0) is 44.9 Å². The summed E-state index contributed by atoms with van der Waals surface area (Å²) in [5.41, 5.74) is 3.17. The molecular formula is C22H26N4O2. The topological polar surface area (TPSA) is 61.1 Å². The van der Waals surface area contributed by atoms with Crippen LogP contribution in [0.2, 0.25) is 0 Å². The Bertz CT molecular complexity index is 1040. The highest BCUT2D eigenvalue weighted by molar-refractivity contribution is 5.91. The summed E-state index contributed by atoms with van der Waals surface area (Å²) in [6, 6.07) is 7.07. The lowest BCUT2D eigenvalue weighted by Gasteiger charge is -2.21. The van der Waals surface area contributed by atoms with Crippen molar-refractivity contribution >= 4 is 16.8 Å². The van der Waals surface area contributed by atoms with Gasteiger partial charge in [0.1, 0.15) is 17.7 Å². The number of carbonyl (C=O) groups is 1. The molecule has 6 heteroatoms. The van der Waals surface area contributed by atoms with Gasteiger partial charge < -0.3 is 19.2 Å². The van der Waals surface area contributed by atoms with E-state index in [0.717, 1.165) is 28.3 Å². The summed E-state index contributed by atoms with van der Waals surface area (Å²) in [4.78, 5) is 16.3. The highest BCUT2D eigenvalue weighted by Gasteiger charge is 2.30. The Balaban J connectivity index is 1.57. The molecule has 1 N–H and O–H groups in total. The van der Waals surface area contributed by atoms with Gasteiger partial charge in [-0.3, -0.25) is 4.79 Å². The van der Waals surface area contributed by atoms with Crippen LogP contribution in [0.5, 0.6) is 5.75 Å². The van der Waals surface area contributed by atoms with Gasteiger partial charge in [0.15, 0.2) is 0 Å². The first-order valence-corrected chi connectivity index (χ1v) is 10.1. The van der Waals surface area contributed by atoms with Gasteiger partial charge in [0.25, 0.3) is 0 Å². The van der Waals surface area contributed by atoms with Gasteiger partial charge in [-0.2, -0.15) is 0 Å². The Morgan fingerprint density at radius 1 is 1.32 bits per heavy atom. The number of nitrogens with zero attached hydrogens (tertiary/aromatic N) is 3. The van der Waals surface area contributed by atoms with Crippen LogP contribution in [0.1, 0.15) is 38.1 Å². The third kappa shape index (κ3) is 2.97. The molecule has 2 atom stereocenters. The van der Waals surface area contributed by atoms with Crippen molar-refractivity contribution in [3.05, 3.63) is 36.4 Å². The molecule has 0 unspecified atom stereocenters. The lowest BCUT2D eigenvalue weighted by atomic mass is 10.0. The van der Waals surface area contributed by atoms with Crippen LogP contribution >= 0.6 is 0 Å². The van der Waals surface area contributed by atoms with Crippen molar-refractivity contribution < 1.29 is 9.53 Å². The molecule has 2 fully saturated rings. The highest BCUT2D eigenvalue weighted by Crippen LogP contribution is 2.42. The summed E-state index contributed by atoms with van der Waals surface area (Å²) < 4.78 is 10.9. The SMILES string of the molecule is Cc1nc(-c2cc(O[C@H](C)[C@H]3CNC(=O)C3)c3c(ccn3C3CC3)c2)cn1C. The smallest absolute Gasteiger partial charge is 0.220 e. The van der Waals surface area contributed by atoms with E-state index < -0.39 is 0 Å². The minimum Gasteiger partial charge on any atom is -0.488 e. The largest absolute Gasteiger partial charge is 0.488 e. The molecule has 1 aliphatic heterocycles. The highest BCUT2D eigenvalue weighted by atomic mass is 16.5. The minimum absolute atomic E-state index is 0.0366. The van der Waals surface area contributed by atoms with Gasteiger partial charge in [-0.15, -0.1) is 0 Å². The van der Waals surface area contributed by atoms with Crippen molar-refractivity contribution in [3.8, 4) is 17.0 Å². The normalized spacial score (nSPS) is 20.5. The maximum absolute atomic E-state index is 11.6. The van der Waals surface area contributed by atoms with Crippen LogP contribution in [0.4, 0.5) is 0 Å². The van der Waals surface area contributed by atoms with Crippen LogP contribution in [0, 0.1) is 12.8 Å². The van der Waals surface area contributed by atoms with Gasteiger partial charge in [-0.25, -0.2) is 4.98 Å². The average Bonchev–Trinajstić information content (AvgIpc) is 3.10. The summed E-state index contributed by atoms with van der Waals surface area (Å²) in [5.74, 6) is 2.19. The number of rotatable bonds is 5. The van der Waals surface area contributed by atoms with E-state index in [2.05, 4.69) is 47.4 Å². The molecule has 1 amide bonds. The van der Waals surface area contributed by atoms with E-state index in [4.69, 9.17) is 9.72 Å². The standard InChI is InChI=1S/C22H26N4O2/c1-13(17-10-21(27)23-11-17)28-20-9-16(19-12-25(3)14(2)24-19)8-15-6-7-26(22(15)20)18-4-5-18/h6-9,12-13,17-18H,4-5,10-11H2,1-3H3,(H,23,27)/t13-,17-/m1/s1. The molecule has 1 saturated carbocycles. The quantitative estimate of drug-likeness (QED) is 0.738. The van der Waals surface area contributed by atoms with E-state index in [-0.39, 0.29) is 17.9 Å². The number of hydrogen-bond donors (Lipinski definition) is 1. The molecule has 2 aromatic heterocycles. The number of aromatic nitrogens is 3. The molecule has 5 rings (SSSR count). The fourth-order valence-electron chi connectivity index (χ4n) is 4.12. The Morgan fingerprint density at radius 3 is 2.79 bits per heavy atom. The monoisotopic (exact) mass is 378 g/mol. The van der Waals surface area contributed by atoms with Crippen LogP contribution in [0.3, 0.4) is 0 Å². The molecule has 0 radical (unpaired) electrons. The molecule has 1 aromatic carbocycles. The molecule has 1 aliphatic carbocycles. The van der Waals surface area contributed by atoms with Crippen molar-refractivity contribution in [3.63, 3.8) is 0 Å². The number of carbonyl (C=O) groups excluding carboxylic acids is 1. The second kappa shape index (κ2) is 6.40. The van der Waals surface area contributed by atoms with Gasteiger partial charge in [-0.1, -0.05) is 0 Å². The van der Waals surface area contributed by atoms with Gasteiger partial charge in [0.2, 0.25) is 5.91 Å². The Morgan fingerprint density at radius 2 is 2.14 bits per heavy atom. The van der Waals surface area contributed by atoms with E-state index in [1.165, 1.54) is 18.2 Å². The fraction of sp³-hybridized carbons (Fsp3) is 0.455. The third-order valence-electron chi connectivity index (χ3n) is 6.11. The van der Waals surface area contributed by atoms with Gasteiger partial charge in [0, 0.05) is 55.3 Å². The molecule has 28 heavy (non-hydrogen) atoms. The van der Waals surface area contributed by atoms with E-state index in [1.54, 1.807) is 0 Å². The maximum atomic E-state index is 11.6. The lowest BCUT2D eigenvalue weighted by molar-refractivity contribution is -0.119. The number of fused-ring (bicyclic) bond motifs is 1. The summed E-state index contributed by atoms with van der Waals surface area (Å²) in [7, 11) is 2.01. The van der Waals surface area contributed by atoms with E-state index in [0.29, 0.717) is 19.0 Å². The average molecular weight is 378 g/mol. The second-order valence-electron chi connectivity index (χ2n) is 8.24. The summed E-state index contributed by atoms with van der Waals surface area (Å²) in [5, 5.41) is 4.09. The molecule has 146 valence electrons. The number of amides is 1. The first-order chi connectivity index (χ1) is 13.5. The van der Waals surface area contributed by atoms with Crippen LogP contribution in [0.15, 0.2) is 30.6 Å². The molecule has 6 nitrogen and oxygen atoms in total. The summed E-state index contributed by atoms with van der Waals surface area (Å²) in [6.07, 6.45) is 7.18. The van der Waals surface area contributed by atoms with Crippen molar-refractivity contribution in [2.45, 2.75) is 45.3 Å². The van der Waals surface area contributed by atoms with Crippen LogP contribution < -0.4 is 10.1 Å². The van der Waals surface area contributed by atoms with Crippen LogP contribution in [0.25, 0.3) is 22.2 Å². The van der Waals surface area contributed by atoms with Crippen molar-refractivity contribution in [1.82, 2.24) is 19.4 Å². The van der Waals surface area contributed by atoms with E-state index >= 15 is 0 Å². The number of nitrogens with one attached hydrogen (secondary N) is 1. The van der Waals surface area contributed by atoms with E-state index in [1.807, 2.05) is 18.5 Å². The Hall–Kier alpha value is -2.76. The molecule has 0 bridgehead atoms. The molecule has 3 aromatic rings. The molecular weight excluding hydrogens is 352 g/mol. The molecule has 2 aliphatic rings. The van der Waals surface area contributed by atoms with Crippen molar-refractivity contribution in [2.24, 2.45) is 13.0 Å². The number of hydrogen-bond acceptors (Lipinski definition) is 3. The molecule has 3 heterocycles. The summed E-state index contributed by atoms with van der Waals surface area (Å²) >= 11 is 0. The first-order valence-electron chi connectivity index (χ1n) is 10.1. The molecule has 1 saturated heterocycles. The number of imidazole rings is 1. The lowest BCUT2D eigenvalue weighted by Crippen LogP contribution is -2.25. The van der Waals surface area contributed by atoms with Crippen molar-refractivity contribution in [2.75, 3.05) is 6.54 Å².